The van der Waals surface area contributed by atoms with Crippen molar-refractivity contribution in [2.24, 2.45) is 0 Å². The SMILES string of the molecule is c1cc2c(cn1)OCC1CCC(CC2)N1. The van der Waals surface area contributed by atoms with E-state index in [-0.39, 0.29) is 0 Å². The summed E-state index contributed by atoms with van der Waals surface area (Å²) in [6, 6.07) is 3.31. The Hall–Kier alpha value is -1.09. The number of nitrogens with one attached hydrogen (secondary N) is 1. The molecule has 1 aromatic heterocycles. The molecule has 1 saturated heterocycles. The van der Waals surface area contributed by atoms with Crippen LogP contribution in [0, 0.1) is 0 Å². The topological polar surface area (TPSA) is 34.1 Å². The van der Waals surface area contributed by atoms with Gasteiger partial charge in [-0.05, 0) is 37.3 Å². The number of hydrogen-bond acceptors (Lipinski definition) is 3. The first-order valence-electron chi connectivity index (χ1n) is 5.73. The standard InChI is InChI=1S/C12H16N2O/c1-2-10-3-4-11(14-10)8-15-12-7-13-6-5-9(1)12/h5-7,10-11,14H,1-4,8H2. The average molecular weight is 204 g/mol. The van der Waals surface area contributed by atoms with E-state index in [0.29, 0.717) is 12.1 Å². The maximum atomic E-state index is 5.81. The lowest BCUT2D eigenvalue weighted by Crippen LogP contribution is -2.33. The monoisotopic (exact) mass is 204 g/mol. The van der Waals surface area contributed by atoms with Gasteiger partial charge in [-0.15, -0.1) is 0 Å². The number of pyridine rings is 1. The Morgan fingerprint density at radius 2 is 2.20 bits per heavy atom. The van der Waals surface area contributed by atoms with E-state index in [2.05, 4.69) is 16.4 Å². The molecule has 3 nitrogen and oxygen atoms in total. The third-order valence-corrected chi connectivity index (χ3v) is 3.41. The molecular formula is C12H16N2O. The lowest BCUT2D eigenvalue weighted by atomic mass is 10.0. The summed E-state index contributed by atoms with van der Waals surface area (Å²) in [6.07, 6.45) is 8.56. The predicted molar refractivity (Wildman–Crippen MR) is 58.0 cm³/mol. The van der Waals surface area contributed by atoms with Gasteiger partial charge in [0.1, 0.15) is 12.4 Å². The third kappa shape index (κ3) is 1.84. The maximum Gasteiger partial charge on any atom is 0.140 e. The van der Waals surface area contributed by atoms with Crippen molar-refractivity contribution in [2.75, 3.05) is 6.61 Å². The smallest absolute Gasteiger partial charge is 0.140 e. The summed E-state index contributed by atoms with van der Waals surface area (Å²) in [4.78, 5) is 4.12. The van der Waals surface area contributed by atoms with Crippen LogP contribution in [0.3, 0.4) is 0 Å². The molecule has 15 heavy (non-hydrogen) atoms. The Kier molecular flexibility index (Phi) is 2.33. The van der Waals surface area contributed by atoms with E-state index in [4.69, 9.17) is 4.74 Å². The van der Waals surface area contributed by atoms with E-state index in [0.717, 1.165) is 18.8 Å². The Bertz CT molecular complexity index is 320. The van der Waals surface area contributed by atoms with Gasteiger partial charge in [-0.25, -0.2) is 0 Å². The number of hydrogen-bond donors (Lipinski definition) is 1. The fraction of sp³-hybridized carbons (Fsp3) is 0.583. The second-order valence-corrected chi connectivity index (χ2v) is 4.47. The van der Waals surface area contributed by atoms with E-state index in [1.54, 1.807) is 0 Å². The summed E-state index contributed by atoms with van der Waals surface area (Å²) >= 11 is 0. The van der Waals surface area contributed by atoms with Gasteiger partial charge < -0.3 is 10.1 Å². The molecule has 2 atom stereocenters. The number of ether oxygens (including phenoxy) is 1. The summed E-state index contributed by atoms with van der Waals surface area (Å²) in [6.45, 7) is 0.787. The van der Waals surface area contributed by atoms with Crippen molar-refractivity contribution in [3.63, 3.8) is 0 Å². The molecule has 3 rings (SSSR count). The average Bonchev–Trinajstić information content (AvgIpc) is 2.75. The van der Waals surface area contributed by atoms with Crippen LogP contribution in [0.15, 0.2) is 18.5 Å². The molecule has 3 heteroatoms. The fourth-order valence-electron chi connectivity index (χ4n) is 2.53. The highest BCUT2D eigenvalue weighted by Gasteiger charge is 2.25. The van der Waals surface area contributed by atoms with Crippen LogP contribution in [0.4, 0.5) is 0 Å². The summed E-state index contributed by atoms with van der Waals surface area (Å²) in [5.74, 6) is 0.979. The van der Waals surface area contributed by atoms with Crippen molar-refractivity contribution in [3.8, 4) is 5.75 Å². The molecule has 1 N–H and O–H groups in total. The second-order valence-electron chi connectivity index (χ2n) is 4.47. The molecule has 2 aliphatic heterocycles. The van der Waals surface area contributed by atoms with Gasteiger partial charge in [0.25, 0.3) is 0 Å². The van der Waals surface area contributed by atoms with Gasteiger partial charge in [-0.1, -0.05) is 0 Å². The minimum Gasteiger partial charge on any atom is -0.490 e. The van der Waals surface area contributed by atoms with Crippen LogP contribution in [0.25, 0.3) is 0 Å². The molecule has 2 unspecified atom stereocenters. The zero-order chi connectivity index (χ0) is 10.1. The first-order valence-corrected chi connectivity index (χ1v) is 5.73. The normalized spacial score (nSPS) is 29.6. The van der Waals surface area contributed by atoms with Gasteiger partial charge in [-0.3, -0.25) is 4.98 Å². The molecule has 0 amide bonds. The quantitative estimate of drug-likeness (QED) is 0.696. The van der Waals surface area contributed by atoms with Crippen LogP contribution in [-0.4, -0.2) is 23.7 Å². The molecule has 80 valence electrons. The molecule has 0 saturated carbocycles. The largest absolute Gasteiger partial charge is 0.490 e. The lowest BCUT2D eigenvalue weighted by molar-refractivity contribution is 0.273. The number of aryl methyl sites for hydroxylation is 1. The Morgan fingerprint density at radius 3 is 3.20 bits per heavy atom. The molecule has 1 fully saturated rings. The van der Waals surface area contributed by atoms with E-state index < -0.39 is 0 Å². The number of aromatic nitrogens is 1. The van der Waals surface area contributed by atoms with Crippen LogP contribution >= 0.6 is 0 Å². The highest BCUT2D eigenvalue weighted by atomic mass is 16.5. The van der Waals surface area contributed by atoms with Crippen molar-refractivity contribution in [1.82, 2.24) is 10.3 Å². The van der Waals surface area contributed by atoms with Gasteiger partial charge in [0.2, 0.25) is 0 Å². The van der Waals surface area contributed by atoms with Crippen molar-refractivity contribution in [2.45, 2.75) is 37.8 Å². The Labute approximate surface area is 89.9 Å². The Balaban J connectivity index is 1.86. The van der Waals surface area contributed by atoms with Crippen LogP contribution in [0.1, 0.15) is 24.8 Å². The summed E-state index contributed by atoms with van der Waals surface area (Å²) in [5.41, 5.74) is 1.30. The van der Waals surface area contributed by atoms with E-state index in [1.165, 1.54) is 24.8 Å². The fourth-order valence-corrected chi connectivity index (χ4v) is 2.53. The molecule has 2 aliphatic rings. The van der Waals surface area contributed by atoms with Gasteiger partial charge in [0.05, 0.1) is 6.20 Å². The third-order valence-electron chi connectivity index (χ3n) is 3.41. The van der Waals surface area contributed by atoms with Crippen molar-refractivity contribution in [3.05, 3.63) is 24.0 Å². The molecule has 0 radical (unpaired) electrons. The maximum absolute atomic E-state index is 5.81. The Morgan fingerprint density at radius 1 is 1.27 bits per heavy atom. The summed E-state index contributed by atoms with van der Waals surface area (Å²) in [7, 11) is 0. The van der Waals surface area contributed by atoms with Crippen LogP contribution in [0.5, 0.6) is 5.75 Å². The number of rotatable bonds is 0. The summed E-state index contributed by atoms with van der Waals surface area (Å²) < 4.78 is 5.81. The zero-order valence-corrected chi connectivity index (χ0v) is 8.78. The van der Waals surface area contributed by atoms with E-state index in [9.17, 15) is 0 Å². The van der Waals surface area contributed by atoms with Crippen LogP contribution < -0.4 is 10.1 Å². The minimum atomic E-state index is 0.543. The molecule has 0 aliphatic carbocycles. The molecule has 0 spiro atoms. The van der Waals surface area contributed by atoms with Crippen LogP contribution in [-0.2, 0) is 6.42 Å². The van der Waals surface area contributed by atoms with Gasteiger partial charge >= 0.3 is 0 Å². The van der Waals surface area contributed by atoms with Gasteiger partial charge in [-0.2, -0.15) is 0 Å². The predicted octanol–water partition coefficient (Wildman–Crippen LogP) is 1.53. The second kappa shape index (κ2) is 3.81. The van der Waals surface area contributed by atoms with Gasteiger partial charge in [0, 0.05) is 18.3 Å². The summed E-state index contributed by atoms with van der Waals surface area (Å²) in [5, 5.41) is 3.62. The number of nitrogens with zero attached hydrogens (tertiary/aromatic N) is 1. The van der Waals surface area contributed by atoms with Gasteiger partial charge in [0.15, 0.2) is 0 Å². The zero-order valence-electron chi connectivity index (χ0n) is 8.78. The lowest BCUT2D eigenvalue weighted by Gasteiger charge is -2.12. The van der Waals surface area contributed by atoms with E-state index in [1.807, 2.05) is 12.4 Å². The van der Waals surface area contributed by atoms with Crippen LogP contribution in [0.2, 0.25) is 0 Å². The van der Waals surface area contributed by atoms with E-state index >= 15 is 0 Å². The molecular weight excluding hydrogens is 188 g/mol. The minimum absolute atomic E-state index is 0.543. The molecule has 2 bridgehead atoms. The first kappa shape index (κ1) is 9.16. The van der Waals surface area contributed by atoms with Crippen molar-refractivity contribution in [1.29, 1.82) is 0 Å². The van der Waals surface area contributed by atoms with Crippen molar-refractivity contribution >= 4 is 0 Å². The highest BCUT2D eigenvalue weighted by molar-refractivity contribution is 5.30. The highest BCUT2D eigenvalue weighted by Crippen LogP contribution is 2.25. The molecule has 0 aromatic carbocycles. The molecule has 1 aromatic rings. The number of fused-ring (bicyclic) bond motifs is 3. The van der Waals surface area contributed by atoms with Crippen molar-refractivity contribution < 1.29 is 4.74 Å². The molecule has 3 heterocycles. The first-order chi connectivity index (χ1) is 7.42.